The number of halogens is 1. The Morgan fingerprint density at radius 2 is 1.85 bits per heavy atom. The highest BCUT2D eigenvalue weighted by Crippen LogP contribution is 2.27. The molecule has 5 heteroatoms. The SMILES string of the molecule is COc1ccc(C(=O)Nc2ccccc2Br)c(OC)c1. The third-order valence-electron chi connectivity index (χ3n) is 2.78. The molecule has 0 saturated heterocycles. The topological polar surface area (TPSA) is 47.6 Å². The standard InChI is InChI=1S/C15H14BrNO3/c1-19-10-7-8-11(14(9-10)20-2)15(18)17-13-6-4-3-5-12(13)16/h3-9H,1-2H3,(H,17,18). The largest absolute Gasteiger partial charge is 0.497 e. The summed E-state index contributed by atoms with van der Waals surface area (Å²) in [5.74, 6) is 0.865. The van der Waals surface area contributed by atoms with Gasteiger partial charge in [-0.2, -0.15) is 0 Å². The smallest absolute Gasteiger partial charge is 0.259 e. The average molecular weight is 336 g/mol. The minimum absolute atomic E-state index is 0.239. The van der Waals surface area contributed by atoms with Gasteiger partial charge in [-0.25, -0.2) is 0 Å². The van der Waals surface area contributed by atoms with E-state index in [4.69, 9.17) is 9.47 Å². The lowest BCUT2D eigenvalue weighted by atomic mass is 10.1. The number of nitrogens with one attached hydrogen (secondary N) is 1. The summed E-state index contributed by atoms with van der Waals surface area (Å²) in [6.45, 7) is 0. The van der Waals surface area contributed by atoms with Gasteiger partial charge in [-0.05, 0) is 40.2 Å². The molecule has 0 radical (unpaired) electrons. The normalized spacial score (nSPS) is 9.95. The highest BCUT2D eigenvalue weighted by molar-refractivity contribution is 9.10. The zero-order chi connectivity index (χ0) is 14.5. The predicted molar refractivity (Wildman–Crippen MR) is 81.6 cm³/mol. The van der Waals surface area contributed by atoms with Gasteiger partial charge in [-0.3, -0.25) is 4.79 Å². The van der Waals surface area contributed by atoms with E-state index in [1.165, 1.54) is 7.11 Å². The van der Waals surface area contributed by atoms with Crippen LogP contribution in [0.5, 0.6) is 11.5 Å². The molecule has 1 amide bonds. The second-order valence-electron chi connectivity index (χ2n) is 4.00. The molecule has 1 N–H and O–H groups in total. The number of amides is 1. The lowest BCUT2D eigenvalue weighted by Crippen LogP contribution is -2.13. The van der Waals surface area contributed by atoms with Gasteiger partial charge in [0.15, 0.2) is 0 Å². The lowest BCUT2D eigenvalue weighted by molar-refractivity contribution is 0.102. The first-order valence-electron chi connectivity index (χ1n) is 5.93. The van der Waals surface area contributed by atoms with Crippen LogP contribution in [0.3, 0.4) is 0 Å². The molecule has 0 aromatic heterocycles. The Bertz CT molecular complexity index is 628. The van der Waals surface area contributed by atoms with Crippen LogP contribution in [0.25, 0.3) is 0 Å². The molecule has 0 bridgehead atoms. The van der Waals surface area contributed by atoms with Gasteiger partial charge in [0.1, 0.15) is 11.5 Å². The van der Waals surface area contributed by atoms with Crippen molar-refractivity contribution >= 4 is 27.5 Å². The van der Waals surface area contributed by atoms with Crippen LogP contribution in [0.1, 0.15) is 10.4 Å². The minimum atomic E-state index is -0.239. The van der Waals surface area contributed by atoms with Gasteiger partial charge in [0.25, 0.3) is 5.91 Å². The molecule has 0 spiro atoms. The van der Waals surface area contributed by atoms with Gasteiger partial charge in [0.05, 0.1) is 25.5 Å². The molecule has 0 fully saturated rings. The Morgan fingerprint density at radius 1 is 1.10 bits per heavy atom. The molecule has 20 heavy (non-hydrogen) atoms. The lowest BCUT2D eigenvalue weighted by Gasteiger charge is -2.11. The van der Waals surface area contributed by atoms with Crippen LogP contribution in [0, 0.1) is 0 Å². The van der Waals surface area contributed by atoms with E-state index in [0.29, 0.717) is 22.7 Å². The van der Waals surface area contributed by atoms with Crippen molar-refractivity contribution in [3.05, 3.63) is 52.5 Å². The third kappa shape index (κ3) is 3.11. The number of benzene rings is 2. The number of carbonyl (C=O) groups excluding carboxylic acids is 1. The van der Waals surface area contributed by atoms with Gasteiger partial charge >= 0.3 is 0 Å². The molecule has 0 aliphatic rings. The van der Waals surface area contributed by atoms with Crippen LogP contribution >= 0.6 is 15.9 Å². The summed E-state index contributed by atoms with van der Waals surface area (Å²) < 4.78 is 11.2. The first kappa shape index (κ1) is 14.4. The van der Waals surface area contributed by atoms with E-state index >= 15 is 0 Å². The Kier molecular flexibility index (Phi) is 4.63. The summed E-state index contributed by atoms with van der Waals surface area (Å²) in [6, 6.07) is 12.5. The molecular weight excluding hydrogens is 322 g/mol. The van der Waals surface area contributed by atoms with Gasteiger partial charge in [-0.15, -0.1) is 0 Å². The molecule has 0 heterocycles. The summed E-state index contributed by atoms with van der Waals surface area (Å²) in [7, 11) is 3.08. The van der Waals surface area contributed by atoms with E-state index in [0.717, 1.165) is 4.47 Å². The molecule has 2 rings (SSSR count). The van der Waals surface area contributed by atoms with Crippen molar-refractivity contribution in [2.45, 2.75) is 0 Å². The number of methoxy groups -OCH3 is 2. The third-order valence-corrected chi connectivity index (χ3v) is 3.47. The fourth-order valence-corrected chi connectivity index (χ4v) is 2.12. The summed E-state index contributed by atoms with van der Waals surface area (Å²) in [4.78, 5) is 12.3. The van der Waals surface area contributed by atoms with Gasteiger partial charge in [-0.1, -0.05) is 12.1 Å². The highest BCUT2D eigenvalue weighted by Gasteiger charge is 2.14. The number of carbonyl (C=O) groups is 1. The van der Waals surface area contributed by atoms with E-state index in [-0.39, 0.29) is 5.91 Å². The average Bonchev–Trinajstić information content (AvgIpc) is 2.48. The van der Waals surface area contributed by atoms with Crippen LogP contribution in [-0.4, -0.2) is 20.1 Å². The number of para-hydroxylation sites is 1. The first-order chi connectivity index (χ1) is 9.65. The molecule has 0 saturated carbocycles. The van der Waals surface area contributed by atoms with Crippen LogP contribution in [-0.2, 0) is 0 Å². The maximum atomic E-state index is 12.3. The van der Waals surface area contributed by atoms with E-state index in [9.17, 15) is 4.79 Å². The highest BCUT2D eigenvalue weighted by atomic mass is 79.9. The Hall–Kier alpha value is -2.01. The van der Waals surface area contributed by atoms with Crippen molar-refractivity contribution in [3.8, 4) is 11.5 Å². The van der Waals surface area contributed by atoms with Gasteiger partial charge in [0.2, 0.25) is 0 Å². The van der Waals surface area contributed by atoms with Crippen LogP contribution in [0.2, 0.25) is 0 Å². The fraction of sp³-hybridized carbons (Fsp3) is 0.133. The van der Waals surface area contributed by atoms with Crippen LogP contribution in [0.15, 0.2) is 46.9 Å². The van der Waals surface area contributed by atoms with Crippen LogP contribution < -0.4 is 14.8 Å². The van der Waals surface area contributed by atoms with Gasteiger partial charge < -0.3 is 14.8 Å². The fourth-order valence-electron chi connectivity index (χ4n) is 1.74. The van der Waals surface area contributed by atoms with Crippen molar-refractivity contribution in [1.82, 2.24) is 0 Å². The van der Waals surface area contributed by atoms with E-state index in [1.807, 2.05) is 24.3 Å². The quantitative estimate of drug-likeness (QED) is 0.926. The Morgan fingerprint density at radius 3 is 2.50 bits per heavy atom. The molecule has 0 unspecified atom stereocenters. The van der Waals surface area contributed by atoms with Crippen molar-refractivity contribution in [1.29, 1.82) is 0 Å². The number of hydrogen-bond donors (Lipinski definition) is 1. The Balaban J connectivity index is 2.27. The molecule has 0 aliphatic carbocycles. The first-order valence-corrected chi connectivity index (χ1v) is 6.73. The summed E-state index contributed by atoms with van der Waals surface area (Å²) >= 11 is 3.39. The van der Waals surface area contributed by atoms with Crippen molar-refractivity contribution in [3.63, 3.8) is 0 Å². The van der Waals surface area contributed by atoms with Gasteiger partial charge in [0, 0.05) is 10.5 Å². The molecule has 4 nitrogen and oxygen atoms in total. The van der Waals surface area contributed by atoms with E-state index in [1.54, 1.807) is 25.3 Å². The second kappa shape index (κ2) is 6.43. The number of ether oxygens (including phenoxy) is 2. The van der Waals surface area contributed by atoms with Crippen LogP contribution in [0.4, 0.5) is 5.69 Å². The molecule has 0 aliphatic heterocycles. The molecule has 2 aromatic carbocycles. The molecule has 0 atom stereocenters. The molecule has 2 aromatic rings. The Labute approximate surface area is 125 Å². The number of anilines is 1. The van der Waals surface area contributed by atoms with Crippen molar-refractivity contribution in [2.24, 2.45) is 0 Å². The maximum absolute atomic E-state index is 12.3. The summed E-state index contributed by atoms with van der Waals surface area (Å²) in [6.07, 6.45) is 0. The monoisotopic (exact) mass is 335 g/mol. The predicted octanol–water partition coefficient (Wildman–Crippen LogP) is 3.72. The summed E-state index contributed by atoms with van der Waals surface area (Å²) in [5, 5.41) is 2.83. The van der Waals surface area contributed by atoms with E-state index in [2.05, 4.69) is 21.2 Å². The summed E-state index contributed by atoms with van der Waals surface area (Å²) in [5.41, 5.74) is 1.15. The zero-order valence-electron chi connectivity index (χ0n) is 11.1. The number of rotatable bonds is 4. The second-order valence-corrected chi connectivity index (χ2v) is 4.85. The van der Waals surface area contributed by atoms with E-state index < -0.39 is 0 Å². The maximum Gasteiger partial charge on any atom is 0.259 e. The molecule has 104 valence electrons. The number of hydrogen-bond acceptors (Lipinski definition) is 3. The van der Waals surface area contributed by atoms with Crippen molar-refractivity contribution < 1.29 is 14.3 Å². The van der Waals surface area contributed by atoms with Crippen molar-refractivity contribution in [2.75, 3.05) is 19.5 Å². The minimum Gasteiger partial charge on any atom is -0.497 e. The zero-order valence-corrected chi connectivity index (χ0v) is 12.7. The molecular formula is C15H14BrNO3.